The molecule has 0 spiro atoms. The van der Waals surface area contributed by atoms with E-state index in [0.717, 1.165) is 0 Å². The van der Waals surface area contributed by atoms with Crippen LogP contribution in [0.15, 0.2) is 10.6 Å². The summed E-state index contributed by atoms with van der Waals surface area (Å²) in [5.41, 5.74) is -0.825. The number of carbonyl (C=O) groups excluding carboxylic acids is 2. The van der Waals surface area contributed by atoms with E-state index in [1.54, 1.807) is 26.8 Å². The van der Waals surface area contributed by atoms with Gasteiger partial charge in [-0.1, -0.05) is 60.0 Å². The molecule has 1 aromatic heterocycles. The molecule has 0 bridgehead atoms. The second-order valence-electron chi connectivity index (χ2n) is 8.43. The highest BCUT2D eigenvalue weighted by molar-refractivity contribution is 5.97. The fraction of sp³-hybridized carbons (Fsp3) is 0.722. The van der Waals surface area contributed by atoms with Crippen LogP contribution in [0.1, 0.15) is 67.1 Å². The van der Waals surface area contributed by atoms with Gasteiger partial charge in [0.2, 0.25) is 11.8 Å². The van der Waals surface area contributed by atoms with E-state index in [4.69, 9.17) is 4.52 Å². The van der Waals surface area contributed by atoms with E-state index in [1.807, 2.05) is 27.7 Å². The maximum Gasteiger partial charge on any atom is 0.250 e. The van der Waals surface area contributed by atoms with Gasteiger partial charge in [-0.05, 0) is 11.8 Å². The molecule has 1 aromatic rings. The van der Waals surface area contributed by atoms with Gasteiger partial charge in [-0.15, -0.1) is 0 Å². The van der Waals surface area contributed by atoms with Crippen LogP contribution >= 0.6 is 0 Å². The van der Waals surface area contributed by atoms with Crippen molar-refractivity contribution in [1.82, 2.24) is 10.5 Å². The second kappa shape index (κ2) is 7.99. The van der Waals surface area contributed by atoms with Gasteiger partial charge in [0.05, 0.1) is 0 Å². The number of carbonyl (C=O) groups is 2. The first kappa shape index (κ1) is 21.2. The van der Waals surface area contributed by atoms with Gasteiger partial charge >= 0.3 is 0 Å². The molecule has 2 atom stereocenters. The topological polar surface area (TPSA) is 104 Å². The summed E-state index contributed by atoms with van der Waals surface area (Å²) in [5.74, 6) is 0.0189. The predicted molar refractivity (Wildman–Crippen MR) is 96.1 cm³/mol. The zero-order valence-electron chi connectivity index (χ0n) is 16.3. The number of aromatic nitrogens is 1. The largest absolute Gasteiger partial charge is 0.383 e. The molecule has 0 aliphatic rings. The van der Waals surface area contributed by atoms with Crippen LogP contribution in [-0.2, 0) is 15.0 Å². The maximum atomic E-state index is 12.5. The Labute approximate surface area is 149 Å². The van der Waals surface area contributed by atoms with Gasteiger partial charge in [0.1, 0.15) is 17.9 Å². The third kappa shape index (κ3) is 6.16. The summed E-state index contributed by atoms with van der Waals surface area (Å²) in [7, 11) is 0. The van der Waals surface area contributed by atoms with Crippen molar-refractivity contribution in [2.24, 2.45) is 5.41 Å². The lowest BCUT2D eigenvalue weighted by atomic mass is 9.88. The Bertz CT molecular complexity index is 596. The third-order valence-corrected chi connectivity index (χ3v) is 3.78. The standard InChI is InChI=1S/C18H31N3O4/c1-8-9-11(19-16(24)14(22)18(5,6)7)15(23)20-13-10-12(25-21-13)17(2,3)4/h10-11,14,22H,8-9H2,1-7H3,(H,19,24)(H,20,21,23). The molecule has 0 aliphatic heterocycles. The minimum absolute atomic E-state index is 0.218. The summed E-state index contributed by atoms with van der Waals surface area (Å²) in [5, 5.41) is 19.2. The monoisotopic (exact) mass is 353 g/mol. The Hall–Kier alpha value is -1.89. The van der Waals surface area contributed by atoms with Crippen LogP contribution in [0.4, 0.5) is 5.82 Å². The SMILES string of the molecule is CCCC(NC(=O)C(O)C(C)(C)C)C(=O)Nc1cc(C(C)(C)C)on1. The van der Waals surface area contributed by atoms with Crippen molar-refractivity contribution in [2.45, 2.75) is 78.9 Å². The Morgan fingerprint density at radius 2 is 1.80 bits per heavy atom. The zero-order chi connectivity index (χ0) is 19.4. The van der Waals surface area contributed by atoms with E-state index in [0.29, 0.717) is 24.4 Å². The van der Waals surface area contributed by atoms with Crippen LogP contribution in [0, 0.1) is 5.41 Å². The molecule has 7 heteroatoms. The molecule has 142 valence electrons. The van der Waals surface area contributed by atoms with Gasteiger partial charge in [-0.3, -0.25) is 9.59 Å². The number of anilines is 1. The van der Waals surface area contributed by atoms with Gasteiger partial charge in [0, 0.05) is 11.5 Å². The number of hydrogen-bond acceptors (Lipinski definition) is 5. The van der Waals surface area contributed by atoms with Gasteiger partial charge in [0.25, 0.3) is 0 Å². The van der Waals surface area contributed by atoms with Crippen LogP contribution in [0.3, 0.4) is 0 Å². The van der Waals surface area contributed by atoms with Crippen molar-refractivity contribution in [3.05, 3.63) is 11.8 Å². The van der Waals surface area contributed by atoms with Crippen LogP contribution < -0.4 is 10.6 Å². The predicted octanol–water partition coefficient (Wildman–Crippen LogP) is 2.60. The first-order valence-corrected chi connectivity index (χ1v) is 8.62. The van der Waals surface area contributed by atoms with Crippen molar-refractivity contribution in [2.75, 3.05) is 5.32 Å². The molecule has 3 N–H and O–H groups in total. The average Bonchev–Trinajstić information content (AvgIpc) is 2.93. The molecular formula is C18H31N3O4. The van der Waals surface area contributed by atoms with Crippen LogP contribution in [-0.4, -0.2) is 34.2 Å². The normalized spacial score (nSPS) is 14.7. The molecule has 0 aromatic carbocycles. The Morgan fingerprint density at radius 3 is 2.24 bits per heavy atom. The number of rotatable bonds is 6. The number of aliphatic hydroxyl groups is 1. The molecule has 2 unspecified atom stereocenters. The fourth-order valence-corrected chi connectivity index (χ4v) is 2.10. The van der Waals surface area contributed by atoms with Crippen molar-refractivity contribution >= 4 is 17.6 Å². The molecule has 0 fully saturated rings. The quantitative estimate of drug-likeness (QED) is 0.729. The minimum Gasteiger partial charge on any atom is -0.383 e. The Kier molecular flexibility index (Phi) is 6.76. The summed E-state index contributed by atoms with van der Waals surface area (Å²) in [6, 6.07) is 0.927. The summed E-state index contributed by atoms with van der Waals surface area (Å²) < 4.78 is 5.24. The van der Waals surface area contributed by atoms with Crippen molar-refractivity contribution in [1.29, 1.82) is 0 Å². The molecule has 25 heavy (non-hydrogen) atoms. The number of nitrogens with zero attached hydrogens (tertiary/aromatic N) is 1. The van der Waals surface area contributed by atoms with Gasteiger partial charge < -0.3 is 20.3 Å². The van der Waals surface area contributed by atoms with E-state index in [-0.39, 0.29) is 11.3 Å². The molecule has 0 radical (unpaired) electrons. The summed E-state index contributed by atoms with van der Waals surface area (Å²) in [4.78, 5) is 24.7. The molecule has 0 saturated heterocycles. The molecule has 1 heterocycles. The van der Waals surface area contributed by atoms with Crippen molar-refractivity contribution < 1.29 is 19.2 Å². The lowest BCUT2D eigenvalue weighted by Crippen LogP contribution is -2.50. The Balaban J connectivity index is 2.80. The van der Waals surface area contributed by atoms with Crippen molar-refractivity contribution in [3.63, 3.8) is 0 Å². The van der Waals surface area contributed by atoms with Gasteiger partial charge in [-0.2, -0.15) is 0 Å². The number of nitrogens with one attached hydrogen (secondary N) is 2. The number of aliphatic hydroxyl groups excluding tert-OH is 1. The van der Waals surface area contributed by atoms with E-state index in [1.165, 1.54) is 0 Å². The smallest absolute Gasteiger partial charge is 0.250 e. The molecule has 7 nitrogen and oxygen atoms in total. The first-order chi connectivity index (χ1) is 11.4. The highest BCUT2D eigenvalue weighted by Gasteiger charge is 2.32. The van der Waals surface area contributed by atoms with E-state index < -0.39 is 23.5 Å². The Morgan fingerprint density at radius 1 is 1.20 bits per heavy atom. The maximum absolute atomic E-state index is 12.5. The number of hydrogen-bond donors (Lipinski definition) is 3. The van der Waals surface area contributed by atoms with Gasteiger partial charge in [0.15, 0.2) is 5.82 Å². The number of amides is 2. The van der Waals surface area contributed by atoms with Crippen LogP contribution in [0.25, 0.3) is 0 Å². The molecule has 1 rings (SSSR count). The second-order valence-corrected chi connectivity index (χ2v) is 8.43. The van der Waals surface area contributed by atoms with Gasteiger partial charge in [-0.25, -0.2) is 0 Å². The van der Waals surface area contributed by atoms with Crippen LogP contribution in [0.2, 0.25) is 0 Å². The van der Waals surface area contributed by atoms with E-state index >= 15 is 0 Å². The lowest BCUT2D eigenvalue weighted by Gasteiger charge is -2.26. The zero-order valence-corrected chi connectivity index (χ0v) is 16.3. The van der Waals surface area contributed by atoms with Crippen LogP contribution in [0.5, 0.6) is 0 Å². The fourth-order valence-electron chi connectivity index (χ4n) is 2.10. The minimum atomic E-state index is -1.20. The average molecular weight is 353 g/mol. The van der Waals surface area contributed by atoms with E-state index in [9.17, 15) is 14.7 Å². The summed E-state index contributed by atoms with van der Waals surface area (Å²) in [6.45, 7) is 13.1. The van der Waals surface area contributed by atoms with Crippen molar-refractivity contribution in [3.8, 4) is 0 Å². The molecule has 0 aliphatic carbocycles. The highest BCUT2D eigenvalue weighted by atomic mass is 16.5. The lowest BCUT2D eigenvalue weighted by molar-refractivity contribution is -0.137. The highest BCUT2D eigenvalue weighted by Crippen LogP contribution is 2.24. The summed E-state index contributed by atoms with van der Waals surface area (Å²) >= 11 is 0. The molecule has 0 saturated carbocycles. The molecular weight excluding hydrogens is 322 g/mol. The third-order valence-electron chi connectivity index (χ3n) is 3.78. The molecule has 2 amide bonds. The first-order valence-electron chi connectivity index (χ1n) is 8.62. The summed E-state index contributed by atoms with van der Waals surface area (Å²) in [6.07, 6.45) is -0.0340. The van der Waals surface area contributed by atoms with E-state index in [2.05, 4.69) is 15.8 Å².